The van der Waals surface area contributed by atoms with Crippen molar-refractivity contribution in [2.45, 2.75) is 18.9 Å². The average molecular weight is 311 g/mol. The van der Waals surface area contributed by atoms with Gasteiger partial charge in [0.2, 0.25) is 0 Å². The van der Waals surface area contributed by atoms with Gasteiger partial charge in [-0.1, -0.05) is 23.4 Å². The van der Waals surface area contributed by atoms with Crippen LogP contribution in [-0.4, -0.2) is 28.3 Å². The van der Waals surface area contributed by atoms with E-state index >= 15 is 0 Å². The van der Waals surface area contributed by atoms with Gasteiger partial charge >= 0.3 is 0 Å². The normalized spacial score (nSPS) is 16.5. The number of amides is 1. The highest BCUT2D eigenvalue weighted by Gasteiger charge is 2.27. The number of carbonyl (C=O) groups is 1. The molecule has 2 aromatic rings. The molecule has 6 heteroatoms. The number of aromatic nitrogens is 1. The van der Waals surface area contributed by atoms with Gasteiger partial charge in [-0.3, -0.25) is 9.78 Å². The molecule has 1 aromatic carbocycles. The van der Waals surface area contributed by atoms with Crippen molar-refractivity contribution < 1.29 is 14.7 Å². The number of oxime groups is 1. The largest absolute Gasteiger partial charge is 0.508 e. The summed E-state index contributed by atoms with van der Waals surface area (Å²) in [5.41, 5.74) is 2.23. The van der Waals surface area contributed by atoms with Gasteiger partial charge in [-0.15, -0.1) is 0 Å². The molecule has 1 unspecified atom stereocenters. The lowest BCUT2D eigenvalue weighted by molar-refractivity contribution is -0.114. The summed E-state index contributed by atoms with van der Waals surface area (Å²) < 4.78 is 0. The van der Waals surface area contributed by atoms with Crippen LogP contribution >= 0.6 is 0 Å². The van der Waals surface area contributed by atoms with Crippen LogP contribution in [0.4, 0.5) is 0 Å². The molecule has 0 saturated heterocycles. The Morgan fingerprint density at radius 3 is 3.04 bits per heavy atom. The van der Waals surface area contributed by atoms with Crippen LogP contribution in [0, 0.1) is 0 Å². The Bertz CT molecular complexity index is 716. The summed E-state index contributed by atoms with van der Waals surface area (Å²) in [5, 5.41) is 16.2. The highest BCUT2D eigenvalue weighted by Crippen LogP contribution is 2.29. The van der Waals surface area contributed by atoms with E-state index in [1.807, 2.05) is 18.2 Å². The quantitative estimate of drug-likeness (QED) is 0.884. The molecule has 6 nitrogen and oxygen atoms in total. The number of pyridine rings is 1. The van der Waals surface area contributed by atoms with Crippen LogP contribution < -0.4 is 5.32 Å². The van der Waals surface area contributed by atoms with E-state index in [1.165, 1.54) is 0 Å². The van der Waals surface area contributed by atoms with Crippen LogP contribution in [0.2, 0.25) is 0 Å². The summed E-state index contributed by atoms with van der Waals surface area (Å²) in [7, 11) is 0. The minimum Gasteiger partial charge on any atom is -0.508 e. The van der Waals surface area contributed by atoms with Gasteiger partial charge in [-0.05, 0) is 35.7 Å². The lowest BCUT2D eigenvalue weighted by Crippen LogP contribution is -2.32. The van der Waals surface area contributed by atoms with Crippen molar-refractivity contribution in [3.63, 3.8) is 0 Å². The number of nitrogens with one attached hydrogen (secondary N) is 1. The van der Waals surface area contributed by atoms with Crippen molar-refractivity contribution in [2.24, 2.45) is 5.16 Å². The number of aromatic hydroxyl groups is 1. The first-order chi connectivity index (χ1) is 11.2. The number of carbonyl (C=O) groups excluding carboxylic acids is 1. The number of hydrogen-bond donors (Lipinski definition) is 2. The Balaban J connectivity index is 1.49. The van der Waals surface area contributed by atoms with Crippen molar-refractivity contribution >= 4 is 11.6 Å². The monoisotopic (exact) mass is 311 g/mol. The first-order valence-corrected chi connectivity index (χ1v) is 7.41. The van der Waals surface area contributed by atoms with Gasteiger partial charge < -0.3 is 15.3 Å². The molecule has 1 aliphatic heterocycles. The highest BCUT2D eigenvalue weighted by molar-refractivity contribution is 6.39. The fourth-order valence-corrected chi connectivity index (χ4v) is 2.38. The van der Waals surface area contributed by atoms with Crippen LogP contribution in [-0.2, 0) is 16.1 Å². The van der Waals surface area contributed by atoms with E-state index in [9.17, 15) is 9.90 Å². The molecule has 118 valence electrons. The van der Waals surface area contributed by atoms with E-state index in [0.29, 0.717) is 25.1 Å². The van der Waals surface area contributed by atoms with Gasteiger partial charge in [-0.25, -0.2) is 0 Å². The van der Waals surface area contributed by atoms with E-state index in [-0.39, 0.29) is 17.8 Å². The Kier molecular flexibility index (Phi) is 4.52. The zero-order valence-electron chi connectivity index (χ0n) is 12.5. The average Bonchev–Trinajstić information content (AvgIpc) is 3.06. The number of hydrogen-bond acceptors (Lipinski definition) is 5. The predicted octanol–water partition coefficient (Wildman–Crippen LogP) is 1.96. The Morgan fingerprint density at radius 2 is 2.26 bits per heavy atom. The first-order valence-electron chi connectivity index (χ1n) is 7.41. The van der Waals surface area contributed by atoms with Crippen molar-refractivity contribution in [2.75, 3.05) is 6.54 Å². The molecule has 1 amide bonds. The predicted molar refractivity (Wildman–Crippen MR) is 84.9 cm³/mol. The second-order valence-electron chi connectivity index (χ2n) is 5.30. The van der Waals surface area contributed by atoms with Crippen LogP contribution in [0.5, 0.6) is 5.75 Å². The summed E-state index contributed by atoms with van der Waals surface area (Å²) in [6.07, 6.45) is 4.27. The summed E-state index contributed by atoms with van der Waals surface area (Å²) in [6.45, 7) is 0.514. The molecule has 0 fully saturated rings. The Hall–Kier alpha value is -2.89. The molecule has 23 heavy (non-hydrogen) atoms. The van der Waals surface area contributed by atoms with Gasteiger partial charge in [0, 0.05) is 25.4 Å². The lowest BCUT2D eigenvalue weighted by Gasteiger charge is -2.08. The lowest BCUT2D eigenvalue weighted by atomic mass is 10.0. The fourth-order valence-electron chi connectivity index (χ4n) is 2.38. The van der Waals surface area contributed by atoms with Gasteiger partial charge in [0.05, 0.1) is 0 Å². The standard InChI is InChI=1S/C17H17N3O3/c21-14-5-1-4-13(9-14)16-10-15(20-23-16)17(22)19-8-6-12-3-2-7-18-11-12/h1-5,7,9,11,16,21H,6,8,10H2,(H,19,22). The number of phenolic OH excluding ortho intramolecular Hbond substituents is 1. The van der Waals surface area contributed by atoms with E-state index in [1.54, 1.807) is 30.6 Å². The minimum absolute atomic E-state index is 0.167. The minimum atomic E-state index is -0.332. The van der Waals surface area contributed by atoms with Crippen LogP contribution in [0.3, 0.4) is 0 Å². The molecule has 1 aromatic heterocycles. The summed E-state index contributed by atoms with van der Waals surface area (Å²) in [6, 6.07) is 10.6. The third-order valence-electron chi connectivity index (χ3n) is 3.60. The zero-order chi connectivity index (χ0) is 16.1. The van der Waals surface area contributed by atoms with Crippen molar-refractivity contribution in [1.29, 1.82) is 0 Å². The van der Waals surface area contributed by atoms with Crippen LogP contribution in [0.15, 0.2) is 53.9 Å². The molecule has 0 bridgehead atoms. The molecule has 2 N–H and O–H groups in total. The van der Waals surface area contributed by atoms with Crippen molar-refractivity contribution in [3.8, 4) is 5.75 Å². The molecule has 1 aliphatic rings. The number of phenols is 1. The maximum atomic E-state index is 12.1. The maximum Gasteiger partial charge on any atom is 0.269 e. The van der Waals surface area contributed by atoms with Gasteiger partial charge in [0.25, 0.3) is 5.91 Å². The maximum absolute atomic E-state index is 12.1. The molecule has 1 atom stereocenters. The van der Waals surface area contributed by atoms with E-state index in [2.05, 4.69) is 15.5 Å². The SMILES string of the molecule is O=C(NCCc1cccnc1)C1=NOC(c2cccc(O)c2)C1. The fraction of sp³-hybridized carbons (Fsp3) is 0.235. The van der Waals surface area contributed by atoms with Crippen molar-refractivity contribution in [3.05, 3.63) is 59.9 Å². The Labute approximate surface area is 133 Å². The topological polar surface area (TPSA) is 83.8 Å². The van der Waals surface area contributed by atoms with E-state index < -0.39 is 0 Å². The van der Waals surface area contributed by atoms with E-state index in [4.69, 9.17) is 4.84 Å². The second kappa shape index (κ2) is 6.91. The molecule has 3 rings (SSSR count). The molecule has 0 radical (unpaired) electrons. The van der Waals surface area contributed by atoms with Gasteiger partial charge in [0.15, 0.2) is 6.10 Å². The van der Waals surface area contributed by atoms with Gasteiger partial charge in [-0.2, -0.15) is 0 Å². The van der Waals surface area contributed by atoms with Gasteiger partial charge in [0.1, 0.15) is 11.5 Å². The molecular weight excluding hydrogens is 294 g/mol. The third-order valence-corrected chi connectivity index (χ3v) is 3.60. The zero-order valence-corrected chi connectivity index (χ0v) is 12.5. The molecule has 2 heterocycles. The van der Waals surface area contributed by atoms with Crippen molar-refractivity contribution in [1.82, 2.24) is 10.3 Å². The second-order valence-corrected chi connectivity index (χ2v) is 5.30. The van der Waals surface area contributed by atoms with Crippen LogP contribution in [0.1, 0.15) is 23.7 Å². The third kappa shape index (κ3) is 3.85. The Morgan fingerprint density at radius 1 is 1.35 bits per heavy atom. The molecule has 0 aliphatic carbocycles. The molecular formula is C17H17N3O3. The molecule has 0 spiro atoms. The smallest absolute Gasteiger partial charge is 0.269 e. The highest BCUT2D eigenvalue weighted by atomic mass is 16.6. The molecule has 0 saturated carbocycles. The summed E-state index contributed by atoms with van der Waals surface area (Å²) in [5.74, 6) is -0.0583. The van der Waals surface area contributed by atoms with E-state index in [0.717, 1.165) is 11.1 Å². The number of rotatable bonds is 5. The van der Waals surface area contributed by atoms with Crippen LogP contribution in [0.25, 0.3) is 0 Å². The summed E-state index contributed by atoms with van der Waals surface area (Å²) in [4.78, 5) is 21.4. The summed E-state index contributed by atoms with van der Waals surface area (Å²) >= 11 is 0. The number of benzene rings is 1. The number of nitrogens with zero attached hydrogens (tertiary/aromatic N) is 2. The first kappa shape index (κ1) is 15.0.